The number of methoxy groups -OCH3 is 2. The molecule has 1 N–H and O–H groups in total. The van der Waals surface area contributed by atoms with Crippen LogP contribution in [0.4, 0.5) is 9.59 Å². The van der Waals surface area contributed by atoms with Crippen molar-refractivity contribution in [1.82, 2.24) is 15.2 Å². The van der Waals surface area contributed by atoms with E-state index < -0.39 is 12.2 Å². The second kappa shape index (κ2) is 9.77. The van der Waals surface area contributed by atoms with E-state index in [1.807, 2.05) is 30.3 Å². The molecule has 0 aliphatic carbocycles. The number of hydrogen-bond acceptors (Lipinski definition) is 6. The maximum absolute atomic E-state index is 12.1. The molecule has 3 rings (SSSR count). The molecule has 0 saturated carbocycles. The van der Waals surface area contributed by atoms with Gasteiger partial charge in [-0.3, -0.25) is 4.98 Å². The van der Waals surface area contributed by atoms with Crippen LogP contribution in [0.15, 0.2) is 36.5 Å². The van der Waals surface area contributed by atoms with Crippen molar-refractivity contribution in [2.45, 2.75) is 25.8 Å². The molecule has 2 amide bonds. The number of amides is 2. The van der Waals surface area contributed by atoms with Gasteiger partial charge in [0.1, 0.15) is 11.5 Å². The van der Waals surface area contributed by atoms with Crippen LogP contribution in [-0.4, -0.2) is 49.4 Å². The normalized spacial score (nSPS) is 13.5. The summed E-state index contributed by atoms with van der Waals surface area (Å²) in [7, 11) is 3.16. The standard InChI is InChI=1S/C21H25N3O5/c1-27-16-8-6-7-15(11-16)18-12-17(28-2)13-22-19(18)14-23-20(25)29-21(26)24-9-4-3-5-10-24/h6-8,11-13H,3-5,9-10,14H2,1-2H3,(H,23,25). The number of carbonyl (C=O) groups excluding carboxylic acids is 2. The van der Waals surface area contributed by atoms with Gasteiger partial charge in [0.2, 0.25) is 0 Å². The first kappa shape index (κ1) is 20.4. The molecule has 0 atom stereocenters. The molecule has 154 valence electrons. The summed E-state index contributed by atoms with van der Waals surface area (Å²) < 4.78 is 15.5. The van der Waals surface area contributed by atoms with Crippen LogP contribution in [0.1, 0.15) is 25.0 Å². The zero-order chi connectivity index (χ0) is 20.6. The fourth-order valence-corrected chi connectivity index (χ4v) is 3.18. The highest BCUT2D eigenvalue weighted by Gasteiger charge is 2.21. The van der Waals surface area contributed by atoms with Gasteiger partial charge in [0, 0.05) is 18.7 Å². The first-order chi connectivity index (χ1) is 14.1. The maximum atomic E-state index is 12.1. The quantitative estimate of drug-likeness (QED) is 0.773. The molecule has 1 fully saturated rings. The molecular weight excluding hydrogens is 374 g/mol. The van der Waals surface area contributed by atoms with E-state index in [1.165, 1.54) is 0 Å². The van der Waals surface area contributed by atoms with Gasteiger partial charge in [0.05, 0.1) is 32.7 Å². The molecule has 2 aromatic rings. The Kier molecular flexibility index (Phi) is 6.89. The monoisotopic (exact) mass is 399 g/mol. The number of piperidine rings is 1. The van der Waals surface area contributed by atoms with Crippen LogP contribution >= 0.6 is 0 Å². The Morgan fingerprint density at radius 1 is 1.07 bits per heavy atom. The maximum Gasteiger partial charge on any atom is 0.418 e. The molecule has 1 saturated heterocycles. The lowest BCUT2D eigenvalue weighted by atomic mass is 10.0. The van der Waals surface area contributed by atoms with E-state index in [-0.39, 0.29) is 6.54 Å². The topological polar surface area (TPSA) is 90.0 Å². The largest absolute Gasteiger partial charge is 0.497 e. The van der Waals surface area contributed by atoms with Crippen molar-refractivity contribution < 1.29 is 23.8 Å². The Balaban J connectivity index is 1.69. The molecule has 8 heteroatoms. The van der Waals surface area contributed by atoms with E-state index in [1.54, 1.807) is 25.3 Å². The lowest BCUT2D eigenvalue weighted by Gasteiger charge is -2.25. The van der Waals surface area contributed by atoms with Crippen molar-refractivity contribution in [2.75, 3.05) is 27.3 Å². The van der Waals surface area contributed by atoms with Gasteiger partial charge in [-0.05, 0) is 43.0 Å². The summed E-state index contributed by atoms with van der Waals surface area (Å²) in [5.74, 6) is 1.30. The lowest BCUT2D eigenvalue weighted by Crippen LogP contribution is -2.39. The first-order valence-corrected chi connectivity index (χ1v) is 9.52. The first-order valence-electron chi connectivity index (χ1n) is 9.52. The third kappa shape index (κ3) is 5.37. The van der Waals surface area contributed by atoms with Crippen molar-refractivity contribution in [3.05, 3.63) is 42.2 Å². The average molecular weight is 399 g/mol. The number of aromatic nitrogens is 1. The van der Waals surface area contributed by atoms with Gasteiger partial charge < -0.3 is 24.4 Å². The zero-order valence-electron chi connectivity index (χ0n) is 16.6. The Morgan fingerprint density at radius 3 is 2.55 bits per heavy atom. The van der Waals surface area contributed by atoms with E-state index in [0.717, 1.165) is 30.4 Å². The highest BCUT2D eigenvalue weighted by molar-refractivity contribution is 5.83. The summed E-state index contributed by atoms with van der Waals surface area (Å²) >= 11 is 0. The fraction of sp³-hybridized carbons (Fsp3) is 0.381. The number of pyridine rings is 1. The van der Waals surface area contributed by atoms with Gasteiger partial charge in [-0.2, -0.15) is 0 Å². The summed E-state index contributed by atoms with van der Waals surface area (Å²) in [4.78, 5) is 30.1. The number of benzene rings is 1. The highest BCUT2D eigenvalue weighted by Crippen LogP contribution is 2.29. The molecule has 1 aromatic carbocycles. The summed E-state index contributed by atoms with van der Waals surface area (Å²) in [6.45, 7) is 1.33. The van der Waals surface area contributed by atoms with Gasteiger partial charge in [-0.1, -0.05) is 12.1 Å². The van der Waals surface area contributed by atoms with Crippen LogP contribution in [0.5, 0.6) is 11.5 Å². The van der Waals surface area contributed by atoms with Crippen molar-refractivity contribution in [3.63, 3.8) is 0 Å². The number of nitrogens with zero attached hydrogens (tertiary/aromatic N) is 2. The van der Waals surface area contributed by atoms with Crippen molar-refractivity contribution in [3.8, 4) is 22.6 Å². The molecule has 29 heavy (non-hydrogen) atoms. The van der Waals surface area contributed by atoms with E-state index in [4.69, 9.17) is 14.2 Å². The van der Waals surface area contributed by atoms with Gasteiger partial charge in [-0.15, -0.1) is 0 Å². The molecule has 0 bridgehead atoms. The minimum Gasteiger partial charge on any atom is -0.497 e. The number of ether oxygens (including phenoxy) is 3. The molecule has 1 aromatic heterocycles. The molecule has 0 unspecified atom stereocenters. The minimum absolute atomic E-state index is 0.0999. The van der Waals surface area contributed by atoms with Crippen LogP contribution in [0.3, 0.4) is 0 Å². The number of nitrogens with one attached hydrogen (secondary N) is 1. The van der Waals surface area contributed by atoms with Gasteiger partial charge in [0.15, 0.2) is 0 Å². The Morgan fingerprint density at radius 2 is 1.83 bits per heavy atom. The summed E-state index contributed by atoms with van der Waals surface area (Å²) in [5.41, 5.74) is 2.26. The van der Waals surface area contributed by atoms with E-state index in [2.05, 4.69) is 10.3 Å². The molecule has 0 spiro atoms. The van der Waals surface area contributed by atoms with E-state index in [9.17, 15) is 9.59 Å². The third-order valence-corrected chi connectivity index (χ3v) is 4.76. The van der Waals surface area contributed by atoms with Gasteiger partial charge in [0.25, 0.3) is 0 Å². The molecule has 8 nitrogen and oxygen atoms in total. The van der Waals surface area contributed by atoms with Gasteiger partial charge in [-0.25, -0.2) is 9.59 Å². The minimum atomic E-state index is -0.796. The van der Waals surface area contributed by atoms with E-state index >= 15 is 0 Å². The fourth-order valence-electron chi connectivity index (χ4n) is 3.18. The van der Waals surface area contributed by atoms with Crippen LogP contribution in [0.2, 0.25) is 0 Å². The number of rotatable bonds is 5. The average Bonchev–Trinajstić information content (AvgIpc) is 2.78. The number of likely N-dealkylation sites (tertiary alicyclic amines) is 1. The number of hydrogen-bond donors (Lipinski definition) is 1. The van der Waals surface area contributed by atoms with Crippen LogP contribution in [0, 0.1) is 0 Å². The number of carbonyl (C=O) groups is 2. The van der Waals surface area contributed by atoms with Crippen LogP contribution in [0.25, 0.3) is 11.1 Å². The van der Waals surface area contributed by atoms with Gasteiger partial charge >= 0.3 is 12.2 Å². The molecule has 1 aliphatic heterocycles. The summed E-state index contributed by atoms with van der Waals surface area (Å²) in [5, 5.41) is 2.60. The Bertz CT molecular complexity index is 865. The SMILES string of the molecule is COc1cccc(-c2cc(OC)cnc2CNC(=O)OC(=O)N2CCCCC2)c1. The predicted octanol–water partition coefficient (Wildman–Crippen LogP) is 3.60. The Labute approximate surface area is 169 Å². The van der Waals surface area contributed by atoms with Crippen LogP contribution < -0.4 is 14.8 Å². The highest BCUT2D eigenvalue weighted by atomic mass is 16.6. The lowest BCUT2D eigenvalue weighted by molar-refractivity contribution is 0.111. The van der Waals surface area contributed by atoms with Crippen LogP contribution in [-0.2, 0) is 11.3 Å². The summed E-state index contributed by atoms with van der Waals surface area (Å²) in [6.07, 6.45) is 3.11. The number of alkyl carbamates (subject to hydrolysis) is 1. The third-order valence-electron chi connectivity index (χ3n) is 4.76. The smallest absolute Gasteiger partial charge is 0.418 e. The Hall–Kier alpha value is -3.29. The molecule has 0 radical (unpaired) electrons. The van der Waals surface area contributed by atoms with Crippen molar-refractivity contribution in [1.29, 1.82) is 0 Å². The van der Waals surface area contributed by atoms with Crippen molar-refractivity contribution in [2.24, 2.45) is 0 Å². The second-order valence-electron chi connectivity index (χ2n) is 6.66. The second-order valence-corrected chi connectivity index (χ2v) is 6.66. The molecule has 1 aliphatic rings. The zero-order valence-corrected chi connectivity index (χ0v) is 16.6. The summed E-state index contributed by atoms with van der Waals surface area (Å²) in [6, 6.07) is 9.34. The molecule has 2 heterocycles. The van der Waals surface area contributed by atoms with E-state index in [0.29, 0.717) is 30.3 Å². The predicted molar refractivity (Wildman–Crippen MR) is 107 cm³/mol. The molecular formula is C21H25N3O5. The van der Waals surface area contributed by atoms with Crippen molar-refractivity contribution >= 4 is 12.2 Å².